The number of piperidine rings is 2. The van der Waals surface area contributed by atoms with E-state index in [9.17, 15) is 9.90 Å². The number of fused-ring (bicyclic) bond motifs is 1. The van der Waals surface area contributed by atoms with E-state index in [4.69, 9.17) is 4.74 Å². The number of hydrogen-bond donors (Lipinski definition) is 2. The van der Waals surface area contributed by atoms with Crippen molar-refractivity contribution in [3.05, 3.63) is 30.1 Å². The van der Waals surface area contributed by atoms with E-state index in [1.54, 1.807) is 6.33 Å². The number of likely N-dealkylation sites (tertiary alicyclic amines) is 2. The fraction of sp³-hybridized carbons (Fsp3) is 0.636. The van der Waals surface area contributed by atoms with Crippen molar-refractivity contribution in [2.45, 2.75) is 44.2 Å². The number of rotatable bonds is 2. The van der Waals surface area contributed by atoms with Gasteiger partial charge in [0.15, 0.2) is 0 Å². The van der Waals surface area contributed by atoms with Crippen molar-refractivity contribution in [3.8, 4) is 0 Å². The Bertz CT molecular complexity index is 868. The normalized spacial score (nSPS) is 26.2. The summed E-state index contributed by atoms with van der Waals surface area (Å²) in [5, 5.41) is 10.6. The Labute approximate surface area is 171 Å². The summed E-state index contributed by atoms with van der Waals surface area (Å²) in [6.07, 6.45) is 6.28. The molecule has 7 nitrogen and oxygen atoms in total. The third-order valence-electron chi connectivity index (χ3n) is 7.14. The van der Waals surface area contributed by atoms with Gasteiger partial charge in [-0.15, -0.1) is 0 Å². The van der Waals surface area contributed by atoms with Crippen LogP contribution in [0.2, 0.25) is 0 Å². The zero-order chi connectivity index (χ0) is 19.8. The number of aromatic nitrogens is 2. The molecule has 0 radical (unpaired) electrons. The smallest absolute Gasteiger partial charge is 0.253 e. The van der Waals surface area contributed by atoms with E-state index >= 15 is 0 Å². The molecule has 4 heterocycles. The van der Waals surface area contributed by atoms with Gasteiger partial charge in [-0.25, -0.2) is 4.98 Å². The number of aliphatic hydroxyl groups excluding tert-OH is 1. The van der Waals surface area contributed by atoms with E-state index in [2.05, 4.69) is 14.9 Å². The van der Waals surface area contributed by atoms with Gasteiger partial charge in [0.1, 0.15) is 0 Å². The largest absolute Gasteiger partial charge is 0.392 e. The maximum Gasteiger partial charge on any atom is 0.253 e. The second-order valence-electron chi connectivity index (χ2n) is 9.06. The highest BCUT2D eigenvalue weighted by Crippen LogP contribution is 2.41. The van der Waals surface area contributed by atoms with Crippen LogP contribution in [0, 0.1) is 5.41 Å². The van der Waals surface area contributed by atoms with Crippen LogP contribution in [0.3, 0.4) is 0 Å². The number of imidazole rings is 1. The molecule has 3 saturated heterocycles. The molecule has 0 aliphatic carbocycles. The molecule has 29 heavy (non-hydrogen) atoms. The number of aromatic amines is 1. The maximum atomic E-state index is 13.0. The lowest BCUT2D eigenvalue weighted by atomic mass is 9.71. The molecule has 1 spiro atoms. The molecule has 0 bridgehead atoms. The van der Waals surface area contributed by atoms with E-state index in [0.717, 1.165) is 82.5 Å². The quantitative estimate of drug-likeness (QED) is 0.809. The summed E-state index contributed by atoms with van der Waals surface area (Å²) in [4.78, 5) is 24.8. The molecular formula is C22H30N4O3. The van der Waals surface area contributed by atoms with Crippen molar-refractivity contribution in [1.29, 1.82) is 0 Å². The topological polar surface area (TPSA) is 81.7 Å². The molecule has 1 aromatic carbocycles. The summed E-state index contributed by atoms with van der Waals surface area (Å²) in [6, 6.07) is 6.18. The van der Waals surface area contributed by atoms with Gasteiger partial charge >= 0.3 is 0 Å². The molecular weight excluding hydrogens is 368 g/mol. The van der Waals surface area contributed by atoms with Gasteiger partial charge in [0.05, 0.1) is 23.5 Å². The van der Waals surface area contributed by atoms with Crippen LogP contribution in [-0.2, 0) is 4.74 Å². The summed E-state index contributed by atoms with van der Waals surface area (Å²) in [5.41, 5.74) is 2.61. The molecule has 3 fully saturated rings. The zero-order valence-corrected chi connectivity index (χ0v) is 16.8. The molecule has 2 aromatic rings. The Morgan fingerprint density at radius 1 is 1.24 bits per heavy atom. The number of ether oxygens (including phenoxy) is 1. The number of hydrogen-bond acceptors (Lipinski definition) is 5. The SMILES string of the molecule is O=C(c1ccc2nc[nH]c2c1)N1CCC2(CC1)CC(O)CN(C1CCOCC1)C2. The van der Waals surface area contributed by atoms with Gasteiger partial charge in [-0.05, 0) is 55.7 Å². The Morgan fingerprint density at radius 2 is 2.03 bits per heavy atom. The number of carbonyl (C=O) groups excluding carboxylic acids is 1. The minimum Gasteiger partial charge on any atom is -0.392 e. The fourth-order valence-electron chi connectivity index (χ4n) is 5.52. The van der Waals surface area contributed by atoms with Crippen molar-refractivity contribution in [3.63, 3.8) is 0 Å². The lowest BCUT2D eigenvalue weighted by Gasteiger charge is -2.51. The van der Waals surface area contributed by atoms with E-state index in [-0.39, 0.29) is 17.4 Å². The first kappa shape index (κ1) is 19.0. The first-order valence-electron chi connectivity index (χ1n) is 10.8. The molecule has 3 aliphatic rings. The number of carbonyl (C=O) groups is 1. The highest BCUT2D eigenvalue weighted by molar-refractivity contribution is 5.97. The van der Waals surface area contributed by atoms with Crippen LogP contribution < -0.4 is 0 Å². The first-order chi connectivity index (χ1) is 14.1. The lowest BCUT2D eigenvalue weighted by Crippen LogP contribution is -2.57. The molecule has 1 unspecified atom stereocenters. The van der Waals surface area contributed by atoms with E-state index in [1.165, 1.54) is 0 Å². The number of nitrogens with zero attached hydrogens (tertiary/aromatic N) is 3. The number of β-amino-alcohol motifs (C(OH)–C–C–N with tert-alkyl or cyclic N) is 1. The molecule has 7 heteroatoms. The summed E-state index contributed by atoms with van der Waals surface area (Å²) in [5.74, 6) is 0.0917. The van der Waals surface area contributed by atoms with Crippen molar-refractivity contribution in [1.82, 2.24) is 19.8 Å². The summed E-state index contributed by atoms with van der Waals surface area (Å²) in [7, 11) is 0. The van der Waals surface area contributed by atoms with E-state index in [0.29, 0.717) is 11.6 Å². The molecule has 0 saturated carbocycles. The van der Waals surface area contributed by atoms with Crippen LogP contribution >= 0.6 is 0 Å². The van der Waals surface area contributed by atoms with Gasteiger partial charge in [-0.3, -0.25) is 9.69 Å². The molecule has 1 amide bonds. The Balaban J connectivity index is 1.25. The van der Waals surface area contributed by atoms with Gasteiger partial charge < -0.3 is 19.7 Å². The second-order valence-corrected chi connectivity index (χ2v) is 9.06. The number of nitrogens with one attached hydrogen (secondary N) is 1. The molecule has 2 N–H and O–H groups in total. The molecule has 3 aliphatic heterocycles. The van der Waals surface area contributed by atoms with Crippen molar-refractivity contribution < 1.29 is 14.6 Å². The van der Waals surface area contributed by atoms with Crippen LogP contribution in [-0.4, -0.2) is 82.3 Å². The third-order valence-corrected chi connectivity index (χ3v) is 7.14. The number of amides is 1. The number of benzene rings is 1. The Kier molecular flexibility index (Phi) is 5.05. The molecule has 1 aromatic heterocycles. The van der Waals surface area contributed by atoms with Crippen molar-refractivity contribution in [2.24, 2.45) is 5.41 Å². The van der Waals surface area contributed by atoms with E-state index in [1.807, 2.05) is 23.1 Å². The predicted molar refractivity (Wildman–Crippen MR) is 110 cm³/mol. The molecule has 1 atom stereocenters. The first-order valence-corrected chi connectivity index (χ1v) is 10.8. The monoisotopic (exact) mass is 398 g/mol. The van der Waals surface area contributed by atoms with Gasteiger partial charge in [0, 0.05) is 51.0 Å². The van der Waals surface area contributed by atoms with Gasteiger partial charge in [0.25, 0.3) is 5.91 Å². The summed E-state index contributed by atoms with van der Waals surface area (Å²) < 4.78 is 5.52. The average molecular weight is 399 g/mol. The van der Waals surface area contributed by atoms with Crippen LogP contribution in [0.15, 0.2) is 24.5 Å². The lowest BCUT2D eigenvalue weighted by molar-refractivity contribution is -0.0695. The third kappa shape index (κ3) is 3.79. The van der Waals surface area contributed by atoms with Crippen LogP contribution in [0.25, 0.3) is 11.0 Å². The summed E-state index contributed by atoms with van der Waals surface area (Å²) >= 11 is 0. The van der Waals surface area contributed by atoms with Crippen LogP contribution in [0.5, 0.6) is 0 Å². The standard InChI is InChI=1S/C22H30N4O3/c27-18-12-22(14-26(13-18)17-3-9-29-10-4-17)5-7-25(8-6-22)21(28)16-1-2-19-20(11-16)24-15-23-19/h1-2,11,15,17-18,27H,3-10,12-14H2,(H,23,24). The van der Waals surface area contributed by atoms with Crippen LogP contribution in [0.4, 0.5) is 0 Å². The van der Waals surface area contributed by atoms with Crippen LogP contribution in [0.1, 0.15) is 42.5 Å². The van der Waals surface area contributed by atoms with Gasteiger partial charge in [-0.1, -0.05) is 0 Å². The average Bonchev–Trinajstić information content (AvgIpc) is 3.22. The van der Waals surface area contributed by atoms with Gasteiger partial charge in [-0.2, -0.15) is 0 Å². The van der Waals surface area contributed by atoms with Crippen molar-refractivity contribution in [2.75, 3.05) is 39.4 Å². The number of aliphatic hydroxyl groups is 1. The predicted octanol–water partition coefficient (Wildman–Crippen LogP) is 2.03. The second kappa shape index (κ2) is 7.70. The highest BCUT2D eigenvalue weighted by atomic mass is 16.5. The maximum absolute atomic E-state index is 13.0. The molecule has 156 valence electrons. The minimum atomic E-state index is -0.267. The Hall–Kier alpha value is -1.96. The fourth-order valence-corrected chi connectivity index (χ4v) is 5.52. The van der Waals surface area contributed by atoms with Gasteiger partial charge in [0.2, 0.25) is 0 Å². The zero-order valence-electron chi connectivity index (χ0n) is 16.8. The minimum absolute atomic E-state index is 0.0917. The van der Waals surface area contributed by atoms with E-state index < -0.39 is 0 Å². The van der Waals surface area contributed by atoms with Crippen molar-refractivity contribution >= 4 is 16.9 Å². The highest BCUT2D eigenvalue weighted by Gasteiger charge is 2.43. The number of H-pyrrole nitrogens is 1. The summed E-state index contributed by atoms with van der Waals surface area (Å²) in [6.45, 7) is 4.99. The molecule has 5 rings (SSSR count). The Morgan fingerprint density at radius 3 is 2.83 bits per heavy atom.